The Balaban J connectivity index is 1.89. The van der Waals surface area contributed by atoms with E-state index in [2.05, 4.69) is 32.4 Å². The number of carbonyl (C=O) groups is 1. The molecule has 0 aliphatic rings. The number of anilines is 2. The van der Waals surface area contributed by atoms with Crippen molar-refractivity contribution in [2.24, 2.45) is 0 Å². The Morgan fingerprint density at radius 1 is 1.43 bits per heavy atom. The van der Waals surface area contributed by atoms with Gasteiger partial charge in [0.05, 0.1) is 21.5 Å². The van der Waals surface area contributed by atoms with Crippen LogP contribution in [0.2, 0.25) is 10.0 Å². The zero-order chi connectivity index (χ0) is 16.8. The third-order valence-corrected chi connectivity index (χ3v) is 5.18. The monoisotopic (exact) mass is 389 g/mol. The molecule has 0 aliphatic heterocycles. The van der Waals surface area contributed by atoms with Crippen LogP contribution < -0.4 is 10.6 Å². The van der Waals surface area contributed by atoms with E-state index in [1.807, 2.05) is 0 Å². The van der Waals surface area contributed by atoms with Gasteiger partial charge in [0.1, 0.15) is 0 Å². The number of rotatable bonds is 7. The molecule has 1 amide bonds. The summed E-state index contributed by atoms with van der Waals surface area (Å²) in [6, 6.07) is 1.55. The van der Waals surface area contributed by atoms with Gasteiger partial charge in [-0.25, -0.2) is 4.98 Å². The molecule has 0 aromatic carbocycles. The smallest absolute Gasteiger partial charge is 0.236 e. The molecule has 6 nitrogen and oxygen atoms in total. The quantitative estimate of drug-likeness (QED) is 0.552. The first kappa shape index (κ1) is 18.0. The highest BCUT2D eigenvalue weighted by Gasteiger charge is 2.12. The Morgan fingerprint density at radius 3 is 2.96 bits per heavy atom. The first-order valence-electron chi connectivity index (χ1n) is 6.43. The van der Waals surface area contributed by atoms with Gasteiger partial charge in [0.2, 0.25) is 11.0 Å². The summed E-state index contributed by atoms with van der Waals surface area (Å²) in [5, 5.41) is 15.1. The molecule has 0 spiro atoms. The van der Waals surface area contributed by atoms with Crippen LogP contribution in [0.1, 0.15) is 5.69 Å². The van der Waals surface area contributed by atoms with Crippen LogP contribution in [0.4, 0.5) is 10.9 Å². The number of aromatic nitrogens is 3. The molecule has 2 N–H and O–H groups in total. The van der Waals surface area contributed by atoms with Crippen molar-refractivity contribution >= 4 is 63.2 Å². The maximum Gasteiger partial charge on any atom is 0.236 e. The molecule has 10 heteroatoms. The predicted molar refractivity (Wildman–Crippen MR) is 96.9 cm³/mol. The number of amides is 1. The first-order chi connectivity index (χ1) is 11.0. The molecule has 2 heterocycles. The van der Waals surface area contributed by atoms with E-state index in [0.29, 0.717) is 37.6 Å². The molecule has 0 unspecified atom stereocenters. The first-order valence-corrected chi connectivity index (χ1v) is 8.99. The van der Waals surface area contributed by atoms with Crippen molar-refractivity contribution in [1.82, 2.24) is 15.2 Å². The van der Waals surface area contributed by atoms with Crippen LogP contribution in [0.25, 0.3) is 0 Å². The zero-order valence-electron chi connectivity index (χ0n) is 12.1. The third-order valence-electron chi connectivity index (χ3n) is 2.49. The third kappa shape index (κ3) is 5.35. The molecule has 0 bridgehead atoms. The van der Waals surface area contributed by atoms with E-state index in [0.717, 1.165) is 0 Å². The van der Waals surface area contributed by atoms with Crippen LogP contribution in [-0.4, -0.2) is 33.4 Å². The van der Waals surface area contributed by atoms with Crippen molar-refractivity contribution in [2.75, 3.05) is 22.9 Å². The Bertz CT molecular complexity index is 722. The highest BCUT2D eigenvalue weighted by molar-refractivity contribution is 8.01. The molecule has 122 valence electrons. The Kier molecular flexibility index (Phi) is 6.64. The van der Waals surface area contributed by atoms with Gasteiger partial charge >= 0.3 is 0 Å². The van der Waals surface area contributed by atoms with Crippen LogP contribution in [0.3, 0.4) is 0 Å². The fourth-order valence-electron chi connectivity index (χ4n) is 1.44. The number of carbonyl (C=O) groups excluding carboxylic acids is 1. The lowest BCUT2D eigenvalue weighted by Crippen LogP contribution is -2.15. The molecule has 0 saturated carbocycles. The fourth-order valence-corrected chi connectivity index (χ4v) is 3.41. The number of hydrogen-bond acceptors (Lipinski definition) is 7. The highest BCUT2D eigenvalue weighted by atomic mass is 35.5. The summed E-state index contributed by atoms with van der Waals surface area (Å²) in [4.78, 5) is 16.1. The summed E-state index contributed by atoms with van der Waals surface area (Å²) >= 11 is 14.6. The highest BCUT2D eigenvalue weighted by Crippen LogP contribution is 2.27. The molecule has 2 aromatic rings. The summed E-state index contributed by atoms with van der Waals surface area (Å²) < 4.78 is 0.693. The number of halogens is 2. The van der Waals surface area contributed by atoms with Gasteiger partial charge in [0.15, 0.2) is 10.2 Å². The van der Waals surface area contributed by atoms with Crippen LogP contribution in [-0.2, 0) is 4.79 Å². The molecule has 2 aromatic heterocycles. The molecule has 0 radical (unpaired) electrons. The second kappa shape index (κ2) is 8.49. The van der Waals surface area contributed by atoms with Gasteiger partial charge in [-0.05, 0) is 13.0 Å². The largest absolute Gasteiger partial charge is 0.357 e. The lowest BCUT2D eigenvalue weighted by molar-refractivity contribution is -0.113. The van der Waals surface area contributed by atoms with E-state index < -0.39 is 0 Å². The van der Waals surface area contributed by atoms with Crippen molar-refractivity contribution in [2.45, 2.75) is 11.3 Å². The van der Waals surface area contributed by atoms with Gasteiger partial charge in [-0.1, -0.05) is 52.4 Å². The lowest BCUT2D eigenvalue weighted by atomic mass is 10.3. The second-order valence-corrected chi connectivity index (χ2v) is 7.28. The minimum atomic E-state index is -0.234. The number of hydrogen-bond donors (Lipinski definition) is 2. The molecule has 0 saturated heterocycles. The molecular formula is C13H13Cl2N5OS2. The van der Waals surface area contributed by atoms with Gasteiger partial charge in [-0.2, -0.15) is 0 Å². The van der Waals surface area contributed by atoms with Gasteiger partial charge in [-0.3, -0.25) is 4.79 Å². The van der Waals surface area contributed by atoms with E-state index in [9.17, 15) is 4.79 Å². The van der Waals surface area contributed by atoms with Crippen LogP contribution in [0, 0.1) is 6.92 Å². The van der Waals surface area contributed by atoms with Crippen molar-refractivity contribution in [1.29, 1.82) is 0 Å². The van der Waals surface area contributed by atoms with E-state index in [1.54, 1.807) is 19.1 Å². The van der Waals surface area contributed by atoms with Gasteiger partial charge in [0, 0.05) is 6.54 Å². The van der Waals surface area contributed by atoms with Crippen molar-refractivity contribution < 1.29 is 4.79 Å². The van der Waals surface area contributed by atoms with E-state index in [-0.39, 0.29) is 11.7 Å². The van der Waals surface area contributed by atoms with Gasteiger partial charge in [0.25, 0.3) is 0 Å². The minimum absolute atomic E-state index is 0.176. The molecular weight excluding hydrogens is 377 g/mol. The minimum Gasteiger partial charge on any atom is -0.357 e. The summed E-state index contributed by atoms with van der Waals surface area (Å²) in [5.41, 5.74) is 0.598. The van der Waals surface area contributed by atoms with Crippen LogP contribution in [0.15, 0.2) is 23.1 Å². The molecule has 23 heavy (non-hydrogen) atoms. The SMILES string of the molecule is C=CCNc1nnc(SCC(=O)Nc2nc(C)c(Cl)cc2Cl)s1. The summed E-state index contributed by atoms with van der Waals surface area (Å²) in [7, 11) is 0. The second-order valence-electron chi connectivity index (χ2n) is 4.27. The van der Waals surface area contributed by atoms with Crippen LogP contribution >= 0.6 is 46.3 Å². The van der Waals surface area contributed by atoms with E-state index in [1.165, 1.54) is 23.1 Å². The molecule has 2 rings (SSSR count). The number of thioether (sulfide) groups is 1. The van der Waals surface area contributed by atoms with Crippen molar-refractivity contribution in [3.8, 4) is 0 Å². The van der Waals surface area contributed by atoms with Gasteiger partial charge in [-0.15, -0.1) is 16.8 Å². The maximum absolute atomic E-state index is 12.0. The average Bonchev–Trinajstić information content (AvgIpc) is 2.96. The number of nitrogens with one attached hydrogen (secondary N) is 2. The number of pyridine rings is 1. The maximum atomic E-state index is 12.0. The molecule has 0 fully saturated rings. The molecule has 0 atom stereocenters. The summed E-state index contributed by atoms with van der Waals surface area (Å²) in [5.74, 6) is 0.238. The van der Waals surface area contributed by atoms with Crippen molar-refractivity contribution in [3.63, 3.8) is 0 Å². The van der Waals surface area contributed by atoms with Crippen LogP contribution in [0.5, 0.6) is 0 Å². The summed E-state index contributed by atoms with van der Waals surface area (Å²) in [6.45, 7) is 5.96. The average molecular weight is 390 g/mol. The topological polar surface area (TPSA) is 79.8 Å². The van der Waals surface area contributed by atoms with Gasteiger partial charge < -0.3 is 10.6 Å². The van der Waals surface area contributed by atoms with Crippen molar-refractivity contribution in [3.05, 3.63) is 34.5 Å². The number of aryl methyl sites for hydroxylation is 1. The lowest BCUT2D eigenvalue weighted by Gasteiger charge is -2.07. The Morgan fingerprint density at radius 2 is 2.22 bits per heavy atom. The fraction of sp³-hybridized carbons (Fsp3) is 0.231. The number of nitrogens with zero attached hydrogens (tertiary/aromatic N) is 3. The Hall–Kier alpha value is -1.35. The van der Waals surface area contributed by atoms with E-state index in [4.69, 9.17) is 23.2 Å². The van der Waals surface area contributed by atoms with E-state index >= 15 is 0 Å². The summed E-state index contributed by atoms with van der Waals surface area (Å²) in [6.07, 6.45) is 1.73. The zero-order valence-corrected chi connectivity index (χ0v) is 15.2. The normalized spacial score (nSPS) is 10.4. The Labute approximate surface area is 151 Å². The standard InChI is InChI=1S/C13H13Cl2N5OS2/c1-3-4-16-12-19-20-13(23-12)22-6-10(21)18-11-9(15)5-8(14)7(2)17-11/h3,5H,1,4,6H2,2H3,(H,16,19)(H,17,18,21). The predicted octanol–water partition coefficient (Wildman–Crippen LogP) is 3.88. The molecule has 0 aliphatic carbocycles.